The molecule has 1 aliphatic carbocycles. The molecular formula is C126H136Cl2N5O6S+. The summed E-state index contributed by atoms with van der Waals surface area (Å²) in [5.41, 5.74) is 22.7. The van der Waals surface area contributed by atoms with Crippen LogP contribution in [0.5, 0.6) is 23.0 Å². The third-order valence-corrected chi connectivity index (χ3v) is 26.2. The monoisotopic (exact) mass is 1920 g/mol. The summed E-state index contributed by atoms with van der Waals surface area (Å²) in [7, 11) is 3.35. The number of imidazole rings is 1. The molecule has 12 aromatic carbocycles. The Balaban J connectivity index is 0.000000144. The van der Waals surface area contributed by atoms with Gasteiger partial charge >= 0.3 is 0 Å². The highest BCUT2D eigenvalue weighted by Crippen LogP contribution is 2.39. The van der Waals surface area contributed by atoms with Crippen LogP contribution in [0.1, 0.15) is 247 Å². The van der Waals surface area contributed by atoms with Crippen LogP contribution in [0.25, 0.3) is 61.2 Å². The predicted molar refractivity (Wildman–Crippen MR) is 590 cm³/mol. The molecule has 0 saturated heterocycles. The molecule has 5 aromatic heterocycles. The Kier molecular flexibility index (Phi) is 38.3. The number of ether oxygens (including phenoxy) is 3. The van der Waals surface area contributed by atoms with Crippen molar-refractivity contribution in [2.24, 2.45) is 17.8 Å². The van der Waals surface area contributed by atoms with Crippen molar-refractivity contribution in [3.63, 3.8) is 0 Å². The van der Waals surface area contributed by atoms with E-state index in [2.05, 4.69) is 286 Å². The highest BCUT2D eigenvalue weighted by molar-refractivity contribution is 7.14. The van der Waals surface area contributed by atoms with Crippen LogP contribution in [0.2, 0.25) is 10.0 Å². The summed E-state index contributed by atoms with van der Waals surface area (Å²) in [6, 6.07) is 107. The molecule has 140 heavy (non-hydrogen) atoms. The van der Waals surface area contributed by atoms with Gasteiger partial charge in [-0.3, -0.25) is 14.2 Å². The Morgan fingerprint density at radius 3 is 1.61 bits per heavy atom. The molecule has 0 bridgehead atoms. The topological polar surface area (TPSA) is 124 Å². The van der Waals surface area contributed by atoms with Crippen LogP contribution in [0.4, 0.5) is 5.69 Å². The summed E-state index contributed by atoms with van der Waals surface area (Å²) in [4.78, 5) is 40.1. The molecule has 17 aromatic rings. The number of oxazole rings is 1. The number of carbonyl (C=O) groups is 2. The van der Waals surface area contributed by atoms with Gasteiger partial charge in [0, 0.05) is 90.3 Å². The number of ketones is 1. The Morgan fingerprint density at radius 1 is 0.457 bits per heavy atom. The number of aromatic nitrogens is 4. The first-order valence-corrected chi connectivity index (χ1v) is 50.5. The van der Waals surface area contributed by atoms with E-state index >= 15 is 0 Å². The second-order valence-corrected chi connectivity index (χ2v) is 40.4. The molecule has 6 heterocycles. The van der Waals surface area contributed by atoms with E-state index in [4.69, 9.17) is 46.8 Å². The number of nitrogens with one attached hydrogen (secondary N) is 1. The van der Waals surface area contributed by atoms with Crippen LogP contribution in [-0.4, -0.2) is 50.6 Å². The Bertz CT molecular complexity index is 6870. The van der Waals surface area contributed by atoms with Gasteiger partial charge in [0.15, 0.2) is 17.4 Å². The standard InChI is InChI=1S/C20H20ClNO2.C19H19NO.C16H16N2.C15H14ClN.C15H16O.C14H14OS.C14H16O.C13H20/c1-12(2)19-13(3)22(18-10-9-16(24-4)11-17(18)19)20(23)14-5-7-15(21)8-6-14;1-14(2)13-17-20-18(15-9-5-3-6-10-15)19(21-17)16-11-7-4-8-12-16;1-12(2)13-6-8-14(9-7-13)15-11-18-10-4-3-5-16(18)17-15;1-9(2)10-3-5-12-13-8-11(16)4-6-14(13)17-15(12)7-10;1-12(2)13-7-6-10-15(11-13)16-14-8-4-3-5-9-14;1-10(2)12-8-9-13(16-12)14(15)11-6-4-3-5-7-11;1-10(2)11-4-5-13-9-14(15-3)7-6-12(13)8-11;1-10(2)9-12-5-7-13(8-6-12)11(3)4/h5-12H,1-4H3;3-12,14H,13H2,1-2H3;3-12H,1-2H3;3-9,12H,1-2H3;3-12H,1-2H3;3-10H,1-2H3;4-10H,1-3H3;5-8,10-11H,9H2,1-4H3/p+1. The fourth-order valence-corrected chi connectivity index (χ4v) is 17.8. The average Bonchev–Trinajstić information content (AvgIpc) is 1.60. The van der Waals surface area contributed by atoms with Crippen LogP contribution < -0.4 is 19.2 Å². The van der Waals surface area contributed by atoms with Crippen molar-refractivity contribution in [2.75, 3.05) is 14.2 Å². The lowest BCUT2D eigenvalue weighted by atomic mass is 9.87. The first kappa shape index (κ1) is 105. The number of benzene rings is 12. The fourth-order valence-electron chi connectivity index (χ4n) is 16.5. The number of fused-ring (bicyclic) bond motifs is 6. The molecule has 0 fully saturated rings. The number of carbonyl (C=O) groups excluding carboxylic acids is 2. The normalized spacial score (nSPS) is 12.2. The maximum absolute atomic E-state index is 13.1. The second kappa shape index (κ2) is 50.9. The minimum atomic E-state index is -0.0498. The third kappa shape index (κ3) is 29.1. The number of para-hydroxylation sites is 1. The number of hydrogen-bond donors (Lipinski definition) is 1. The first-order valence-electron chi connectivity index (χ1n) is 49.0. The van der Waals surface area contributed by atoms with Gasteiger partial charge in [0.2, 0.25) is 11.5 Å². The van der Waals surface area contributed by atoms with Gasteiger partial charge < -0.3 is 23.0 Å². The quantitative estimate of drug-likeness (QED) is 0.0706. The van der Waals surface area contributed by atoms with Crippen molar-refractivity contribution in [3.8, 4) is 56.8 Å². The second-order valence-electron chi connectivity index (χ2n) is 38.4. The lowest BCUT2D eigenvalue weighted by Gasteiger charge is -2.13. The lowest BCUT2D eigenvalue weighted by molar-refractivity contribution is -0.349. The molecule has 2 aliphatic rings. The van der Waals surface area contributed by atoms with Gasteiger partial charge in [-0.2, -0.15) is 0 Å². The van der Waals surface area contributed by atoms with E-state index < -0.39 is 0 Å². The largest absolute Gasteiger partial charge is 0.497 e. The van der Waals surface area contributed by atoms with E-state index in [1.165, 1.54) is 83.6 Å². The summed E-state index contributed by atoms with van der Waals surface area (Å²) >= 11 is 13.6. The molecule has 1 unspecified atom stereocenters. The molecule has 11 nitrogen and oxygen atoms in total. The maximum Gasteiger partial charge on any atom is 0.262 e. The van der Waals surface area contributed by atoms with E-state index in [1.807, 2.05) is 187 Å². The van der Waals surface area contributed by atoms with Gasteiger partial charge in [0.25, 0.3) is 5.91 Å². The van der Waals surface area contributed by atoms with Gasteiger partial charge in [0.1, 0.15) is 34.3 Å². The number of thiophene rings is 1. The van der Waals surface area contributed by atoms with Crippen molar-refractivity contribution in [1.82, 2.24) is 18.9 Å². The summed E-state index contributed by atoms with van der Waals surface area (Å²) in [5, 5.41) is 5.00. The van der Waals surface area contributed by atoms with Crippen LogP contribution >= 0.6 is 34.5 Å². The molecule has 1 N–H and O–H groups in total. The zero-order chi connectivity index (χ0) is 100. The van der Waals surface area contributed by atoms with Gasteiger partial charge in [-0.1, -0.05) is 360 Å². The first-order chi connectivity index (χ1) is 67.3. The Hall–Kier alpha value is -13.5. The SMILES string of the molecule is CC(C)C1=CC2=[NH+]c3ccc(Cl)cc3C2C=C1.CC(C)Cc1ccc(C(C)C)cc1.CC(C)Cc1nc(-c2ccccc2)c(-c2ccccc2)o1.CC(C)c1ccc(-c2cn3ccccc3n2)cc1.CC(C)c1ccc(C(=O)c2ccccc2)s1.CC(C)c1cccc(Oc2ccccc2)c1.COc1ccc2c(c1)c(C(C)C)c(C)n2C(=O)c1ccc(Cl)cc1.COc1ccc2cc(C(C)C)ccc2c1. The van der Waals surface area contributed by atoms with Crippen molar-refractivity contribution >= 4 is 85.0 Å². The molecule has 1 aliphatic heterocycles. The number of allylic oxidation sites excluding steroid dienone is 4. The zero-order valence-corrected chi connectivity index (χ0v) is 87.4. The van der Waals surface area contributed by atoms with Crippen LogP contribution in [0.3, 0.4) is 0 Å². The van der Waals surface area contributed by atoms with E-state index in [-0.39, 0.29) is 11.7 Å². The molecule has 1 atom stereocenters. The summed E-state index contributed by atoms with van der Waals surface area (Å²) < 4.78 is 26.2. The van der Waals surface area contributed by atoms with Crippen molar-refractivity contribution in [3.05, 3.63) is 439 Å². The van der Waals surface area contributed by atoms with E-state index in [0.29, 0.717) is 63.8 Å². The number of nitrogens with zero attached hydrogens (tertiary/aromatic N) is 4. The van der Waals surface area contributed by atoms with Gasteiger partial charge in [-0.05, 0) is 232 Å². The van der Waals surface area contributed by atoms with Crippen molar-refractivity contribution in [2.45, 2.75) is 186 Å². The molecule has 14 heteroatoms. The third-order valence-electron chi connectivity index (χ3n) is 24.3. The minimum absolute atomic E-state index is 0.0498. The van der Waals surface area contributed by atoms with Crippen molar-refractivity contribution in [1.29, 1.82) is 0 Å². The van der Waals surface area contributed by atoms with Crippen LogP contribution in [-0.2, 0) is 12.8 Å². The van der Waals surface area contributed by atoms with Crippen LogP contribution in [0, 0.1) is 24.7 Å². The van der Waals surface area contributed by atoms with Gasteiger partial charge in [-0.15, -0.1) is 11.3 Å². The Morgan fingerprint density at radius 2 is 1.01 bits per heavy atom. The number of methoxy groups -OCH3 is 2. The zero-order valence-electron chi connectivity index (χ0n) is 85.1. The van der Waals surface area contributed by atoms with E-state index in [1.54, 1.807) is 54.4 Å². The molecule has 19 rings (SSSR count). The molecule has 720 valence electrons. The number of pyridine rings is 1. The Labute approximate surface area is 844 Å². The molecule has 0 spiro atoms. The van der Waals surface area contributed by atoms with Crippen molar-refractivity contribution < 1.29 is 33.2 Å². The van der Waals surface area contributed by atoms with Gasteiger partial charge in [-0.25, -0.2) is 15.0 Å². The molecule has 0 saturated carbocycles. The smallest absolute Gasteiger partial charge is 0.262 e. The summed E-state index contributed by atoms with van der Waals surface area (Å²) in [6.45, 7) is 41.5. The molecule has 0 radical (unpaired) electrons. The minimum Gasteiger partial charge on any atom is -0.497 e. The number of halogens is 2. The van der Waals surface area contributed by atoms with Gasteiger partial charge in [0.05, 0.1) is 36.2 Å². The summed E-state index contributed by atoms with van der Waals surface area (Å²) in [5.74, 6) is 10.5. The van der Waals surface area contributed by atoms with E-state index in [0.717, 1.165) is 107 Å². The average molecular weight is 1920 g/mol. The number of hydrogen-bond acceptors (Lipinski definition) is 9. The highest BCUT2D eigenvalue weighted by Gasteiger charge is 2.33. The fraction of sp³-hybridized carbons (Fsp3) is 0.262. The van der Waals surface area contributed by atoms with E-state index in [9.17, 15) is 9.59 Å². The highest BCUT2D eigenvalue weighted by atomic mass is 35.5. The molecular weight excluding hydrogens is 1780 g/mol. The van der Waals surface area contributed by atoms with Crippen LogP contribution in [0.15, 0.2) is 362 Å². The maximum atomic E-state index is 13.1. The lowest BCUT2D eigenvalue weighted by Crippen LogP contribution is -2.63. The predicted octanol–water partition coefficient (Wildman–Crippen LogP) is 34.2. The molecule has 0 amide bonds. The summed E-state index contributed by atoms with van der Waals surface area (Å²) in [6.07, 6.45) is 12.9. The number of rotatable bonds is 21.